The van der Waals surface area contributed by atoms with E-state index in [4.69, 9.17) is 0 Å². The summed E-state index contributed by atoms with van der Waals surface area (Å²) in [4.78, 5) is 27.6. The van der Waals surface area contributed by atoms with Gasteiger partial charge in [-0.15, -0.1) is 0 Å². The lowest BCUT2D eigenvalue weighted by molar-refractivity contribution is 0.0740. The fourth-order valence-electron chi connectivity index (χ4n) is 3.84. The molecule has 0 radical (unpaired) electrons. The van der Waals surface area contributed by atoms with Gasteiger partial charge < -0.3 is 9.47 Å². The molecule has 0 spiro atoms. The standard InChI is InChI=1S/C23H29FN4O2/c1-6-9-19-20(25-28-21(19)26(5)16(4)15(3)22(28)29)14-27(12-7-2)23(30)17-10-8-11-18(24)13-17/h8,10-11,13H,6-7,9,12,14H2,1-5H3. The Labute approximate surface area is 175 Å². The molecule has 0 bridgehead atoms. The maximum absolute atomic E-state index is 13.6. The van der Waals surface area contributed by atoms with Crippen molar-refractivity contribution in [3.05, 3.63) is 68.5 Å². The Hall–Kier alpha value is -2.96. The first-order valence-corrected chi connectivity index (χ1v) is 10.4. The Balaban J connectivity index is 2.11. The zero-order valence-corrected chi connectivity index (χ0v) is 18.3. The number of hydrogen-bond acceptors (Lipinski definition) is 3. The molecule has 30 heavy (non-hydrogen) atoms. The van der Waals surface area contributed by atoms with Crippen LogP contribution in [0.1, 0.15) is 59.6 Å². The second-order valence-electron chi connectivity index (χ2n) is 7.72. The lowest BCUT2D eigenvalue weighted by atomic mass is 10.1. The van der Waals surface area contributed by atoms with Crippen molar-refractivity contribution in [1.82, 2.24) is 19.1 Å². The molecular weight excluding hydrogens is 383 g/mol. The van der Waals surface area contributed by atoms with Gasteiger partial charge in [-0.1, -0.05) is 26.3 Å². The molecule has 0 aliphatic carbocycles. The van der Waals surface area contributed by atoms with E-state index in [1.807, 2.05) is 25.5 Å². The van der Waals surface area contributed by atoms with Gasteiger partial charge in [0.1, 0.15) is 11.5 Å². The van der Waals surface area contributed by atoms with Crippen LogP contribution < -0.4 is 5.56 Å². The topological polar surface area (TPSA) is 59.6 Å². The molecule has 2 aromatic heterocycles. The van der Waals surface area contributed by atoms with Crippen molar-refractivity contribution in [1.29, 1.82) is 0 Å². The number of aromatic nitrogens is 3. The second kappa shape index (κ2) is 8.81. The van der Waals surface area contributed by atoms with E-state index in [0.717, 1.165) is 36.2 Å². The van der Waals surface area contributed by atoms with Gasteiger partial charge >= 0.3 is 0 Å². The van der Waals surface area contributed by atoms with Crippen molar-refractivity contribution >= 4 is 11.6 Å². The molecule has 3 rings (SSSR count). The first-order valence-electron chi connectivity index (χ1n) is 10.4. The Morgan fingerprint density at radius 1 is 1.20 bits per heavy atom. The Morgan fingerprint density at radius 3 is 2.57 bits per heavy atom. The SMILES string of the molecule is CCCc1c(CN(CCC)C(=O)c2cccc(F)c2)nn2c(=O)c(C)c(C)n(C)c12. The van der Waals surface area contributed by atoms with Gasteiger partial charge in [-0.25, -0.2) is 4.39 Å². The molecule has 0 aliphatic heterocycles. The number of amides is 1. The van der Waals surface area contributed by atoms with Gasteiger partial charge in [0.15, 0.2) is 0 Å². The number of fused-ring (bicyclic) bond motifs is 1. The average Bonchev–Trinajstić information content (AvgIpc) is 3.08. The van der Waals surface area contributed by atoms with Gasteiger partial charge in [0.05, 0.1) is 12.2 Å². The number of halogens is 1. The van der Waals surface area contributed by atoms with Crippen molar-refractivity contribution in [3.8, 4) is 0 Å². The zero-order valence-electron chi connectivity index (χ0n) is 18.3. The van der Waals surface area contributed by atoms with Crippen LogP contribution >= 0.6 is 0 Å². The lowest BCUT2D eigenvalue weighted by Crippen LogP contribution is -2.32. The normalized spacial score (nSPS) is 11.3. The average molecular weight is 413 g/mol. The van der Waals surface area contributed by atoms with Crippen LogP contribution in [0.15, 0.2) is 29.1 Å². The van der Waals surface area contributed by atoms with Crippen LogP contribution in [-0.2, 0) is 20.0 Å². The molecule has 0 saturated heterocycles. The molecule has 0 saturated carbocycles. The fraction of sp³-hybridized carbons (Fsp3) is 0.435. The van der Waals surface area contributed by atoms with Crippen molar-refractivity contribution in [3.63, 3.8) is 0 Å². The van der Waals surface area contributed by atoms with Crippen LogP contribution in [0.5, 0.6) is 0 Å². The minimum Gasteiger partial charge on any atom is -0.333 e. The quantitative estimate of drug-likeness (QED) is 0.593. The van der Waals surface area contributed by atoms with E-state index < -0.39 is 5.82 Å². The van der Waals surface area contributed by atoms with Crippen LogP contribution in [-0.4, -0.2) is 31.5 Å². The third kappa shape index (κ3) is 3.88. The van der Waals surface area contributed by atoms with Gasteiger partial charge in [0.2, 0.25) is 0 Å². The molecule has 0 N–H and O–H groups in total. The fourth-order valence-corrected chi connectivity index (χ4v) is 3.84. The number of aryl methyl sites for hydroxylation is 2. The summed E-state index contributed by atoms with van der Waals surface area (Å²) in [5.41, 5.74) is 4.20. The van der Waals surface area contributed by atoms with Gasteiger partial charge in [-0.2, -0.15) is 9.61 Å². The molecule has 0 aliphatic rings. The highest BCUT2D eigenvalue weighted by molar-refractivity contribution is 5.94. The number of carbonyl (C=O) groups is 1. The lowest BCUT2D eigenvalue weighted by Gasteiger charge is -2.22. The summed E-state index contributed by atoms with van der Waals surface area (Å²) in [6, 6.07) is 5.73. The highest BCUT2D eigenvalue weighted by atomic mass is 19.1. The molecule has 160 valence electrons. The summed E-state index contributed by atoms with van der Waals surface area (Å²) < 4.78 is 17.1. The molecule has 6 nitrogen and oxygen atoms in total. The highest BCUT2D eigenvalue weighted by Crippen LogP contribution is 2.21. The number of nitrogens with zero attached hydrogens (tertiary/aromatic N) is 4. The number of rotatable bonds is 7. The van der Waals surface area contributed by atoms with Crippen LogP contribution in [0.3, 0.4) is 0 Å². The van der Waals surface area contributed by atoms with Crippen LogP contribution in [0.4, 0.5) is 4.39 Å². The number of hydrogen-bond donors (Lipinski definition) is 0. The minimum absolute atomic E-state index is 0.136. The van der Waals surface area contributed by atoms with E-state index in [9.17, 15) is 14.0 Å². The Morgan fingerprint density at radius 2 is 1.93 bits per heavy atom. The summed E-state index contributed by atoms with van der Waals surface area (Å²) in [5.74, 6) is -0.680. The summed E-state index contributed by atoms with van der Waals surface area (Å²) in [5, 5.41) is 4.62. The molecule has 2 heterocycles. The molecule has 0 atom stereocenters. The van der Waals surface area contributed by atoms with Crippen LogP contribution in [0.25, 0.3) is 5.65 Å². The maximum Gasteiger partial charge on any atom is 0.277 e. The zero-order chi connectivity index (χ0) is 22.0. The summed E-state index contributed by atoms with van der Waals surface area (Å²) in [6.45, 7) is 8.59. The Kier molecular flexibility index (Phi) is 6.39. The van der Waals surface area contributed by atoms with E-state index >= 15 is 0 Å². The van der Waals surface area contributed by atoms with Crippen molar-refractivity contribution < 1.29 is 9.18 Å². The third-order valence-corrected chi connectivity index (χ3v) is 5.61. The first kappa shape index (κ1) is 21.7. The molecule has 1 aromatic carbocycles. The minimum atomic E-state index is -0.439. The Bertz CT molecular complexity index is 1150. The highest BCUT2D eigenvalue weighted by Gasteiger charge is 2.23. The molecule has 1 amide bonds. The van der Waals surface area contributed by atoms with E-state index in [1.165, 1.54) is 22.7 Å². The van der Waals surface area contributed by atoms with E-state index in [-0.39, 0.29) is 18.0 Å². The third-order valence-electron chi connectivity index (χ3n) is 5.61. The van der Waals surface area contributed by atoms with Crippen molar-refractivity contribution in [2.45, 2.75) is 53.5 Å². The van der Waals surface area contributed by atoms with Crippen LogP contribution in [0.2, 0.25) is 0 Å². The van der Waals surface area contributed by atoms with Gasteiger partial charge in [0.25, 0.3) is 11.5 Å². The summed E-state index contributed by atoms with van der Waals surface area (Å²) in [7, 11) is 1.93. The molecule has 0 unspecified atom stereocenters. The summed E-state index contributed by atoms with van der Waals surface area (Å²) in [6.07, 6.45) is 2.40. The first-order chi connectivity index (χ1) is 14.3. The monoisotopic (exact) mass is 412 g/mol. The summed E-state index contributed by atoms with van der Waals surface area (Å²) >= 11 is 0. The molecule has 7 heteroatoms. The smallest absolute Gasteiger partial charge is 0.277 e. The van der Waals surface area contributed by atoms with Gasteiger partial charge in [0, 0.05) is 36.0 Å². The second-order valence-corrected chi connectivity index (χ2v) is 7.72. The number of benzene rings is 1. The van der Waals surface area contributed by atoms with E-state index in [1.54, 1.807) is 17.9 Å². The van der Waals surface area contributed by atoms with E-state index in [2.05, 4.69) is 12.0 Å². The predicted molar refractivity (Wildman–Crippen MR) is 115 cm³/mol. The maximum atomic E-state index is 13.6. The van der Waals surface area contributed by atoms with Crippen molar-refractivity contribution in [2.75, 3.05) is 6.54 Å². The largest absolute Gasteiger partial charge is 0.333 e. The van der Waals surface area contributed by atoms with E-state index in [0.29, 0.717) is 23.4 Å². The molecule has 3 aromatic rings. The molecular formula is C23H29FN4O2. The van der Waals surface area contributed by atoms with Gasteiger partial charge in [-0.3, -0.25) is 9.59 Å². The van der Waals surface area contributed by atoms with Crippen molar-refractivity contribution in [2.24, 2.45) is 7.05 Å². The van der Waals surface area contributed by atoms with Gasteiger partial charge in [-0.05, 0) is 44.9 Å². The molecule has 0 fully saturated rings. The predicted octanol–water partition coefficient (Wildman–Crippen LogP) is 3.79. The van der Waals surface area contributed by atoms with Crippen LogP contribution in [0, 0.1) is 19.7 Å². The number of carbonyl (C=O) groups excluding carboxylic acids is 1.